The van der Waals surface area contributed by atoms with Gasteiger partial charge in [0.05, 0.1) is 0 Å². The Morgan fingerprint density at radius 2 is 2.06 bits per heavy atom. The van der Waals surface area contributed by atoms with Gasteiger partial charge in [0.1, 0.15) is 0 Å². The Hall–Kier alpha value is -1.35. The van der Waals surface area contributed by atoms with Crippen molar-refractivity contribution in [2.75, 3.05) is 13.7 Å². The van der Waals surface area contributed by atoms with Gasteiger partial charge in [-0.05, 0) is 12.0 Å². The number of benzene rings is 1. The van der Waals surface area contributed by atoms with Gasteiger partial charge in [0, 0.05) is 13.7 Å². The molecule has 0 radical (unpaired) electrons. The lowest BCUT2D eigenvalue weighted by Crippen LogP contribution is -2.31. The van der Waals surface area contributed by atoms with Crippen LogP contribution in [0.1, 0.15) is 31.4 Å². The van der Waals surface area contributed by atoms with E-state index in [4.69, 9.17) is 4.74 Å². The van der Waals surface area contributed by atoms with Gasteiger partial charge in [0.15, 0.2) is 6.10 Å². The number of hydrogen-bond donors (Lipinski definition) is 1. The number of carbonyl (C=O) groups is 1. The van der Waals surface area contributed by atoms with E-state index >= 15 is 0 Å². The molecule has 0 aliphatic carbocycles. The minimum atomic E-state index is -0.502. The Morgan fingerprint density at radius 3 is 2.62 bits per heavy atom. The number of amides is 1. The fourth-order valence-electron chi connectivity index (χ4n) is 1.50. The first-order chi connectivity index (χ1) is 7.79. The molecule has 0 heterocycles. The third kappa shape index (κ3) is 3.66. The Balaban J connectivity index is 2.57. The average Bonchev–Trinajstić information content (AvgIpc) is 2.32. The molecule has 1 N–H and O–H groups in total. The molecular weight excluding hydrogens is 202 g/mol. The summed E-state index contributed by atoms with van der Waals surface area (Å²) in [6, 6.07) is 9.52. The normalized spacial score (nSPS) is 12.1. The molecule has 1 aromatic rings. The van der Waals surface area contributed by atoms with Crippen molar-refractivity contribution in [3.05, 3.63) is 35.9 Å². The van der Waals surface area contributed by atoms with Crippen LogP contribution in [0.2, 0.25) is 0 Å². The minimum Gasteiger partial charge on any atom is -0.367 e. The Kier molecular flexibility index (Phi) is 5.57. The van der Waals surface area contributed by atoms with Gasteiger partial charge < -0.3 is 10.1 Å². The third-order valence-electron chi connectivity index (χ3n) is 2.41. The van der Waals surface area contributed by atoms with Crippen LogP contribution in [0.15, 0.2) is 30.3 Å². The smallest absolute Gasteiger partial charge is 0.253 e. The summed E-state index contributed by atoms with van der Waals surface area (Å²) >= 11 is 0. The quantitative estimate of drug-likeness (QED) is 0.748. The molecule has 0 saturated heterocycles. The maximum atomic E-state index is 11.8. The number of nitrogens with one attached hydrogen (secondary N) is 1. The molecule has 0 saturated carbocycles. The zero-order valence-electron chi connectivity index (χ0n) is 9.90. The SMILES string of the molecule is CCCCNC(=O)C(OC)c1ccccc1. The molecule has 0 aliphatic heterocycles. The molecule has 1 atom stereocenters. The number of ether oxygens (including phenoxy) is 1. The lowest BCUT2D eigenvalue weighted by molar-refractivity contribution is -0.131. The van der Waals surface area contributed by atoms with Crippen LogP contribution >= 0.6 is 0 Å². The largest absolute Gasteiger partial charge is 0.367 e. The van der Waals surface area contributed by atoms with Crippen LogP contribution in [0, 0.1) is 0 Å². The van der Waals surface area contributed by atoms with Crippen molar-refractivity contribution in [2.24, 2.45) is 0 Å². The maximum absolute atomic E-state index is 11.8. The van der Waals surface area contributed by atoms with Gasteiger partial charge in [0.2, 0.25) is 0 Å². The van der Waals surface area contributed by atoms with Crippen molar-refractivity contribution in [1.82, 2.24) is 5.32 Å². The zero-order valence-corrected chi connectivity index (χ0v) is 9.90. The van der Waals surface area contributed by atoms with Crippen LogP contribution < -0.4 is 5.32 Å². The van der Waals surface area contributed by atoms with Crippen molar-refractivity contribution >= 4 is 5.91 Å². The fraction of sp³-hybridized carbons (Fsp3) is 0.462. The van der Waals surface area contributed by atoms with Crippen LogP contribution in [0.3, 0.4) is 0 Å². The lowest BCUT2D eigenvalue weighted by atomic mass is 10.1. The maximum Gasteiger partial charge on any atom is 0.253 e. The van der Waals surface area contributed by atoms with Crippen LogP contribution in [0.4, 0.5) is 0 Å². The van der Waals surface area contributed by atoms with Crippen LogP contribution in [-0.4, -0.2) is 19.6 Å². The molecule has 1 unspecified atom stereocenters. The van der Waals surface area contributed by atoms with Crippen molar-refractivity contribution in [3.63, 3.8) is 0 Å². The van der Waals surface area contributed by atoms with E-state index in [2.05, 4.69) is 12.2 Å². The number of unbranched alkanes of at least 4 members (excludes halogenated alkanes) is 1. The molecule has 0 aromatic heterocycles. The lowest BCUT2D eigenvalue weighted by Gasteiger charge is -2.15. The van der Waals surface area contributed by atoms with E-state index in [1.165, 1.54) is 0 Å². The number of methoxy groups -OCH3 is 1. The number of carbonyl (C=O) groups excluding carboxylic acids is 1. The van der Waals surface area contributed by atoms with Crippen LogP contribution in [-0.2, 0) is 9.53 Å². The van der Waals surface area contributed by atoms with Gasteiger partial charge in [-0.2, -0.15) is 0 Å². The molecule has 1 rings (SSSR count). The molecule has 0 spiro atoms. The topological polar surface area (TPSA) is 38.3 Å². The van der Waals surface area contributed by atoms with E-state index in [1.807, 2.05) is 30.3 Å². The average molecular weight is 221 g/mol. The standard InChI is InChI=1S/C13H19NO2/c1-3-4-10-14-13(15)12(16-2)11-8-6-5-7-9-11/h5-9,12H,3-4,10H2,1-2H3,(H,14,15). The Morgan fingerprint density at radius 1 is 1.38 bits per heavy atom. The van der Waals surface area contributed by atoms with Gasteiger partial charge in [-0.25, -0.2) is 0 Å². The number of hydrogen-bond acceptors (Lipinski definition) is 2. The summed E-state index contributed by atoms with van der Waals surface area (Å²) in [7, 11) is 1.55. The predicted octanol–water partition coefficient (Wildman–Crippen LogP) is 2.29. The van der Waals surface area contributed by atoms with Crippen molar-refractivity contribution in [1.29, 1.82) is 0 Å². The summed E-state index contributed by atoms with van der Waals surface area (Å²) < 4.78 is 5.22. The second kappa shape index (κ2) is 7.01. The van der Waals surface area contributed by atoms with Gasteiger partial charge in [-0.3, -0.25) is 4.79 Å². The molecule has 0 aliphatic rings. The van der Waals surface area contributed by atoms with E-state index in [-0.39, 0.29) is 5.91 Å². The summed E-state index contributed by atoms with van der Waals surface area (Å²) in [6.07, 6.45) is 1.57. The molecule has 3 nitrogen and oxygen atoms in total. The van der Waals surface area contributed by atoms with E-state index < -0.39 is 6.10 Å². The Labute approximate surface area is 96.8 Å². The third-order valence-corrected chi connectivity index (χ3v) is 2.41. The minimum absolute atomic E-state index is 0.0675. The highest BCUT2D eigenvalue weighted by atomic mass is 16.5. The Bertz CT molecular complexity index is 311. The highest BCUT2D eigenvalue weighted by Crippen LogP contribution is 2.15. The molecular formula is C13H19NO2. The van der Waals surface area contributed by atoms with Crippen LogP contribution in [0.25, 0.3) is 0 Å². The van der Waals surface area contributed by atoms with Gasteiger partial charge in [-0.1, -0.05) is 43.7 Å². The fourth-order valence-corrected chi connectivity index (χ4v) is 1.50. The molecule has 0 bridgehead atoms. The second-order valence-electron chi connectivity index (χ2n) is 3.67. The van der Waals surface area contributed by atoms with E-state index in [0.29, 0.717) is 6.54 Å². The van der Waals surface area contributed by atoms with Gasteiger partial charge in [0.25, 0.3) is 5.91 Å². The molecule has 1 aromatic carbocycles. The summed E-state index contributed by atoms with van der Waals surface area (Å²) in [5.41, 5.74) is 0.888. The summed E-state index contributed by atoms with van der Waals surface area (Å²) in [4.78, 5) is 11.8. The summed E-state index contributed by atoms with van der Waals surface area (Å²) in [6.45, 7) is 2.80. The summed E-state index contributed by atoms with van der Waals surface area (Å²) in [5.74, 6) is -0.0675. The highest BCUT2D eigenvalue weighted by Gasteiger charge is 2.18. The van der Waals surface area contributed by atoms with Crippen molar-refractivity contribution < 1.29 is 9.53 Å². The number of rotatable bonds is 6. The summed E-state index contributed by atoms with van der Waals surface area (Å²) in [5, 5.41) is 2.87. The van der Waals surface area contributed by atoms with Gasteiger partial charge >= 0.3 is 0 Å². The van der Waals surface area contributed by atoms with Crippen molar-refractivity contribution in [3.8, 4) is 0 Å². The molecule has 3 heteroatoms. The molecule has 0 fully saturated rings. The van der Waals surface area contributed by atoms with Gasteiger partial charge in [-0.15, -0.1) is 0 Å². The second-order valence-corrected chi connectivity index (χ2v) is 3.67. The van der Waals surface area contributed by atoms with E-state index in [9.17, 15) is 4.79 Å². The first-order valence-electron chi connectivity index (χ1n) is 5.65. The molecule has 88 valence electrons. The first kappa shape index (κ1) is 12.7. The monoisotopic (exact) mass is 221 g/mol. The zero-order chi connectivity index (χ0) is 11.8. The van der Waals surface area contributed by atoms with Crippen LogP contribution in [0.5, 0.6) is 0 Å². The highest BCUT2D eigenvalue weighted by molar-refractivity contribution is 5.82. The van der Waals surface area contributed by atoms with Crippen molar-refractivity contribution in [2.45, 2.75) is 25.9 Å². The van der Waals surface area contributed by atoms with E-state index in [1.54, 1.807) is 7.11 Å². The molecule has 1 amide bonds. The first-order valence-corrected chi connectivity index (χ1v) is 5.65. The molecule has 16 heavy (non-hydrogen) atoms. The van der Waals surface area contributed by atoms with E-state index in [0.717, 1.165) is 18.4 Å². The predicted molar refractivity (Wildman–Crippen MR) is 64.1 cm³/mol.